The van der Waals surface area contributed by atoms with Crippen LogP contribution in [0.15, 0.2) is 59.4 Å². The minimum absolute atomic E-state index is 0.801. The molecule has 0 amide bonds. The highest BCUT2D eigenvalue weighted by Gasteiger charge is 2.14. The molecule has 0 aliphatic carbocycles. The van der Waals surface area contributed by atoms with Gasteiger partial charge in [0.05, 0.1) is 0 Å². The number of hydrogen-bond donors (Lipinski definition) is 0. The molecule has 98 valence electrons. The molecule has 0 fully saturated rings. The van der Waals surface area contributed by atoms with Gasteiger partial charge in [-0.15, -0.1) is 0 Å². The number of rotatable bonds is 4. The van der Waals surface area contributed by atoms with Crippen molar-refractivity contribution in [3.8, 4) is 0 Å². The molecule has 0 saturated heterocycles. The fraction of sp³-hybridized carbons (Fsp3) is 0.250. The highest BCUT2D eigenvalue weighted by atomic mass is 28.3. The average Bonchev–Trinajstić information content (AvgIpc) is 2.39. The summed E-state index contributed by atoms with van der Waals surface area (Å²) in [5.74, 6) is 0. The van der Waals surface area contributed by atoms with E-state index in [0.29, 0.717) is 0 Å². The summed E-state index contributed by atoms with van der Waals surface area (Å²) in [6, 6.07) is 16.4. The second-order valence-electron chi connectivity index (χ2n) is 5.59. The van der Waals surface area contributed by atoms with E-state index in [0.717, 1.165) is 17.8 Å². The molecule has 1 heterocycles. The smallest absolute Gasteiger partial charge is 0.172 e. The van der Waals surface area contributed by atoms with Crippen molar-refractivity contribution < 1.29 is 0 Å². The lowest BCUT2D eigenvalue weighted by Gasteiger charge is -2.14. The topological polar surface area (TPSA) is 25.2 Å². The third-order valence-electron chi connectivity index (χ3n) is 2.65. The molecule has 0 saturated carbocycles. The summed E-state index contributed by atoms with van der Waals surface area (Å²) in [5, 5.41) is 0. The normalized spacial score (nSPS) is 12.5. The second kappa shape index (κ2) is 5.93. The number of hydrogen-bond acceptors (Lipinski definition) is 2. The Labute approximate surface area is 116 Å². The summed E-state index contributed by atoms with van der Waals surface area (Å²) in [6.07, 6.45) is 2.64. The Morgan fingerprint density at radius 2 is 1.68 bits per heavy atom. The van der Waals surface area contributed by atoms with Crippen molar-refractivity contribution in [1.82, 2.24) is 4.98 Å². The summed E-state index contributed by atoms with van der Waals surface area (Å²) < 4.78 is 4.99. The van der Waals surface area contributed by atoms with E-state index in [9.17, 15) is 0 Å². The largest absolute Gasteiger partial charge is 0.325 e. The summed E-state index contributed by atoms with van der Waals surface area (Å²) in [7, 11) is -1.50. The molecular weight excluding hydrogens is 248 g/mol. The van der Waals surface area contributed by atoms with Crippen LogP contribution in [0.25, 0.3) is 0 Å². The van der Waals surface area contributed by atoms with Gasteiger partial charge in [-0.1, -0.05) is 36.4 Å². The predicted molar refractivity (Wildman–Crippen MR) is 84.3 cm³/mol. The fourth-order valence-corrected chi connectivity index (χ4v) is 2.93. The molecule has 0 spiro atoms. The van der Waals surface area contributed by atoms with Crippen LogP contribution < -0.4 is 0 Å². The Balaban J connectivity index is 2.34. The quantitative estimate of drug-likeness (QED) is 0.609. The van der Waals surface area contributed by atoms with Crippen molar-refractivity contribution in [2.24, 2.45) is 4.66 Å². The number of benzene rings is 1. The standard InChI is InChI=1S/C16H20N2Si/c1-19(2,3)18-16(14-9-5-4-6-10-14)13-15-11-7-8-12-17-15/h4-12H,13H2,1-3H3/b18-16-. The van der Waals surface area contributed by atoms with Crippen molar-refractivity contribution >= 4 is 13.9 Å². The average molecular weight is 268 g/mol. The summed E-state index contributed by atoms with van der Waals surface area (Å²) >= 11 is 0. The molecule has 0 aliphatic heterocycles. The maximum atomic E-state index is 4.99. The van der Waals surface area contributed by atoms with Gasteiger partial charge in [-0.3, -0.25) is 4.98 Å². The van der Waals surface area contributed by atoms with Gasteiger partial charge in [-0.2, -0.15) is 0 Å². The monoisotopic (exact) mass is 268 g/mol. The third kappa shape index (κ3) is 4.45. The van der Waals surface area contributed by atoms with E-state index in [1.165, 1.54) is 5.56 Å². The second-order valence-corrected chi connectivity index (χ2v) is 10.2. The maximum Gasteiger partial charge on any atom is 0.172 e. The molecule has 0 aliphatic rings. The maximum absolute atomic E-state index is 4.99. The van der Waals surface area contributed by atoms with Crippen molar-refractivity contribution in [3.63, 3.8) is 0 Å². The lowest BCUT2D eigenvalue weighted by atomic mass is 10.1. The van der Waals surface area contributed by atoms with Crippen molar-refractivity contribution in [1.29, 1.82) is 0 Å². The first kappa shape index (κ1) is 13.7. The van der Waals surface area contributed by atoms with Crippen LogP contribution in [-0.4, -0.2) is 18.9 Å². The van der Waals surface area contributed by atoms with Gasteiger partial charge in [-0.25, -0.2) is 0 Å². The molecule has 0 atom stereocenters. The van der Waals surface area contributed by atoms with Crippen molar-refractivity contribution in [2.45, 2.75) is 26.1 Å². The Hall–Kier alpha value is -1.74. The Morgan fingerprint density at radius 3 is 2.26 bits per heavy atom. The molecule has 3 heteroatoms. The van der Waals surface area contributed by atoms with Gasteiger partial charge in [0.2, 0.25) is 0 Å². The van der Waals surface area contributed by atoms with E-state index in [1.807, 2.05) is 24.4 Å². The van der Waals surface area contributed by atoms with Gasteiger partial charge < -0.3 is 4.66 Å². The van der Waals surface area contributed by atoms with Crippen LogP contribution >= 0.6 is 0 Å². The molecular formula is C16H20N2Si. The fourth-order valence-electron chi connectivity index (χ4n) is 1.92. The molecule has 1 aromatic carbocycles. The Bertz CT molecular complexity index is 542. The zero-order chi connectivity index (χ0) is 13.7. The van der Waals surface area contributed by atoms with Gasteiger partial charge in [-0.05, 0) is 37.3 Å². The SMILES string of the molecule is C[Si](C)(C)/N=C(/Cc1ccccn1)c1ccccc1. The minimum atomic E-state index is -1.50. The number of pyridine rings is 1. The molecule has 0 radical (unpaired) electrons. The third-order valence-corrected chi connectivity index (χ3v) is 3.59. The van der Waals surface area contributed by atoms with Gasteiger partial charge in [0.1, 0.15) is 0 Å². The Kier molecular flexibility index (Phi) is 4.27. The van der Waals surface area contributed by atoms with Crippen molar-refractivity contribution in [2.75, 3.05) is 0 Å². The zero-order valence-electron chi connectivity index (χ0n) is 11.8. The van der Waals surface area contributed by atoms with Crippen LogP contribution in [0.4, 0.5) is 0 Å². The summed E-state index contributed by atoms with van der Waals surface area (Å²) in [6.45, 7) is 6.77. The molecule has 0 N–H and O–H groups in total. The number of aromatic nitrogens is 1. The summed E-state index contributed by atoms with van der Waals surface area (Å²) in [5.41, 5.74) is 3.43. The van der Waals surface area contributed by atoms with Crippen LogP contribution in [0.3, 0.4) is 0 Å². The first-order valence-corrected chi connectivity index (χ1v) is 10.0. The number of nitrogens with zero attached hydrogens (tertiary/aromatic N) is 2. The van der Waals surface area contributed by atoms with E-state index in [1.54, 1.807) is 0 Å². The van der Waals surface area contributed by atoms with E-state index < -0.39 is 8.24 Å². The molecule has 0 bridgehead atoms. The van der Waals surface area contributed by atoms with Gasteiger partial charge in [0.25, 0.3) is 0 Å². The first-order chi connectivity index (χ1) is 9.04. The van der Waals surface area contributed by atoms with Crippen LogP contribution in [0.2, 0.25) is 19.6 Å². The van der Waals surface area contributed by atoms with Crippen LogP contribution in [0.1, 0.15) is 11.3 Å². The van der Waals surface area contributed by atoms with Crippen LogP contribution in [-0.2, 0) is 6.42 Å². The molecule has 1 aromatic heterocycles. The van der Waals surface area contributed by atoms with Crippen LogP contribution in [0.5, 0.6) is 0 Å². The predicted octanol–water partition coefficient (Wildman–Crippen LogP) is 3.95. The molecule has 0 unspecified atom stereocenters. The van der Waals surface area contributed by atoms with Crippen molar-refractivity contribution in [3.05, 3.63) is 66.0 Å². The Morgan fingerprint density at radius 1 is 1.00 bits per heavy atom. The highest BCUT2D eigenvalue weighted by Crippen LogP contribution is 2.11. The lowest BCUT2D eigenvalue weighted by molar-refractivity contribution is 1.14. The molecule has 2 rings (SSSR count). The highest BCUT2D eigenvalue weighted by molar-refractivity contribution is 6.75. The molecule has 2 nitrogen and oxygen atoms in total. The first-order valence-electron chi connectivity index (χ1n) is 6.59. The van der Waals surface area contributed by atoms with E-state index in [2.05, 4.69) is 55.0 Å². The van der Waals surface area contributed by atoms with Crippen LogP contribution in [0, 0.1) is 0 Å². The van der Waals surface area contributed by atoms with E-state index in [4.69, 9.17) is 4.66 Å². The zero-order valence-corrected chi connectivity index (χ0v) is 12.8. The van der Waals surface area contributed by atoms with Gasteiger partial charge in [0.15, 0.2) is 8.24 Å². The van der Waals surface area contributed by atoms with Gasteiger partial charge >= 0.3 is 0 Å². The van der Waals surface area contributed by atoms with E-state index >= 15 is 0 Å². The molecule has 19 heavy (non-hydrogen) atoms. The lowest BCUT2D eigenvalue weighted by Crippen LogP contribution is -2.21. The minimum Gasteiger partial charge on any atom is -0.325 e. The molecule has 2 aromatic rings. The van der Waals surface area contributed by atoms with Gasteiger partial charge in [0, 0.05) is 24.0 Å². The van der Waals surface area contributed by atoms with E-state index in [-0.39, 0.29) is 0 Å². The summed E-state index contributed by atoms with van der Waals surface area (Å²) in [4.78, 5) is 4.41.